The predicted octanol–water partition coefficient (Wildman–Crippen LogP) is 3.97. The maximum absolute atomic E-state index is 14.0. The van der Waals surface area contributed by atoms with Crippen LogP contribution < -0.4 is 0 Å². The minimum atomic E-state index is -4.07. The van der Waals surface area contributed by atoms with Crippen molar-refractivity contribution in [3.8, 4) is 0 Å². The summed E-state index contributed by atoms with van der Waals surface area (Å²) in [6, 6.07) is 9.17. The third-order valence-electron chi connectivity index (χ3n) is 3.72. The minimum Gasteiger partial charge on any atom is -0.207 e. The summed E-state index contributed by atoms with van der Waals surface area (Å²) in [7, 11) is -4.07. The van der Waals surface area contributed by atoms with Gasteiger partial charge in [-0.2, -0.15) is 4.31 Å². The number of hydrogen-bond acceptors (Lipinski definition) is 2. The van der Waals surface area contributed by atoms with Gasteiger partial charge in [0, 0.05) is 23.2 Å². The van der Waals surface area contributed by atoms with Gasteiger partial charge in [-0.05, 0) is 37.1 Å². The highest BCUT2D eigenvalue weighted by Gasteiger charge is 2.39. The van der Waals surface area contributed by atoms with Crippen molar-refractivity contribution in [2.45, 2.75) is 30.3 Å². The van der Waals surface area contributed by atoms with Gasteiger partial charge in [-0.1, -0.05) is 29.8 Å². The number of rotatable bonds is 5. The van der Waals surface area contributed by atoms with Crippen molar-refractivity contribution in [1.82, 2.24) is 4.31 Å². The zero-order chi connectivity index (χ0) is 16.6. The number of sulfonamides is 1. The Bertz CT molecular complexity index is 838. The molecule has 0 spiro atoms. The van der Waals surface area contributed by atoms with Crippen LogP contribution in [0.15, 0.2) is 47.4 Å². The third kappa shape index (κ3) is 3.39. The lowest BCUT2D eigenvalue weighted by Crippen LogP contribution is -2.33. The van der Waals surface area contributed by atoms with Gasteiger partial charge >= 0.3 is 0 Å². The summed E-state index contributed by atoms with van der Waals surface area (Å²) in [6.45, 7) is -0.123. The summed E-state index contributed by atoms with van der Waals surface area (Å²) < 4.78 is 54.6. The van der Waals surface area contributed by atoms with Crippen LogP contribution in [0.1, 0.15) is 18.4 Å². The monoisotopic (exact) mass is 357 g/mol. The molecule has 1 saturated carbocycles. The molecule has 7 heteroatoms. The summed E-state index contributed by atoms with van der Waals surface area (Å²) in [4.78, 5) is -0.440. The van der Waals surface area contributed by atoms with Gasteiger partial charge < -0.3 is 0 Å². The summed E-state index contributed by atoms with van der Waals surface area (Å²) in [5, 5.41) is 0.119. The van der Waals surface area contributed by atoms with Crippen LogP contribution in [-0.4, -0.2) is 18.8 Å². The van der Waals surface area contributed by atoms with Crippen LogP contribution in [0.25, 0.3) is 0 Å². The van der Waals surface area contributed by atoms with Crippen LogP contribution in [0.5, 0.6) is 0 Å². The Morgan fingerprint density at radius 3 is 2.39 bits per heavy atom. The van der Waals surface area contributed by atoms with E-state index in [1.165, 1.54) is 24.3 Å². The van der Waals surface area contributed by atoms with Crippen molar-refractivity contribution >= 4 is 21.6 Å². The molecule has 3 rings (SSSR count). The van der Waals surface area contributed by atoms with Crippen molar-refractivity contribution in [3.05, 3.63) is 64.7 Å². The van der Waals surface area contributed by atoms with E-state index in [2.05, 4.69) is 0 Å². The lowest BCUT2D eigenvalue weighted by molar-refractivity contribution is 0.388. The van der Waals surface area contributed by atoms with Crippen LogP contribution in [0.4, 0.5) is 8.78 Å². The van der Waals surface area contributed by atoms with E-state index in [-0.39, 0.29) is 23.2 Å². The molecule has 3 nitrogen and oxygen atoms in total. The van der Waals surface area contributed by atoms with Crippen LogP contribution in [-0.2, 0) is 16.6 Å². The Balaban J connectivity index is 1.99. The number of hydrogen-bond donors (Lipinski definition) is 0. The first kappa shape index (κ1) is 16.4. The Morgan fingerprint density at radius 1 is 1.09 bits per heavy atom. The van der Waals surface area contributed by atoms with Gasteiger partial charge in [0.15, 0.2) is 0 Å². The maximum Gasteiger partial charge on any atom is 0.246 e. The first-order valence-corrected chi connectivity index (χ1v) is 8.91. The third-order valence-corrected chi connectivity index (χ3v) is 5.89. The molecule has 2 aromatic carbocycles. The summed E-state index contributed by atoms with van der Waals surface area (Å²) in [6.07, 6.45) is 1.37. The molecule has 122 valence electrons. The molecule has 0 heterocycles. The Morgan fingerprint density at radius 2 is 1.78 bits per heavy atom. The standard InChI is InChI=1S/C16H14ClF2NO2S/c17-12-5-8-16(15(19)9-12)23(21,22)20(13-6-7-13)10-11-3-1-2-4-14(11)18/h1-5,8-9,13H,6-7,10H2. The van der Waals surface area contributed by atoms with E-state index in [4.69, 9.17) is 11.6 Å². The molecule has 0 atom stereocenters. The molecule has 0 unspecified atom stereocenters. The van der Waals surface area contributed by atoms with Crippen LogP contribution in [0.2, 0.25) is 5.02 Å². The van der Waals surface area contributed by atoms with E-state index in [1.807, 2.05) is 0 Å². The van der Waals surface area contributed by atoms with E-state index >= 15 is 0 Å². The van der Waals surface area contributed by atoms with Crippen LogP contribution in [0, 0.1) is 11.6 Å². The molecule has 2 aromatic rings. The number of benzene rings is 2. The molecule has 23 heavy (non-hydrogen) atoms. The molecule has 1 aliphatic carbocycles. The van der Waals surface area contributed by atoms with Crippen LogP contribution in [0.3, 0.4) is 0 Å². The molecule has 0 radical (unpaired) electrons. The molecular weight excluding hydrogens is 344 g/mol. The zero-order valence-electron chi connectivity index (χ0n) is 12.0. The quantitative estimate of drug-likeness (QED) is 0.812. The van der Waals surface area contributed by atoms with E-state index in [0.717, 1.165) is 16.4 Å². The average Bonchev–Trinajstić information content (AvgIpc) is 3.30. The van der Waals surface area contributed by atoms with Crippen molar-refractivity contribution in [2.24, 2.45) is 0 Å². The Labute approximate surface area is 138 Å². The fourth-order valence-corrected chi connectivity index (χ4v) is 4.25. The molecule has 0 aliphatic heterocycles. The summed E-state index contributed by atoms with van der Waals surface area (Å²) in [5.41, 5.74) is 0.261. The normalized spacial score (nSPS) is 15.1. The molecular formula is C16H14ClF2NO2S. The van der Waals surface area contributed by atoms with Crippen LogP contribution >= 0.6 is 11.6 Å². The lowest BCUT2D eigenvalue weighted by Gasteiger charge is -2.22. The minimum absolute atomic E-state index is 0.119. The van der Waals surface area contributed by atoms with Gasteiger partial charge in [0.05, 0.1) is 0 Å². The first-order chi connectivity index (χ1) is 10.9. The molecule has 0 saturated heterocycles. The second-order valence-corrected chi connectivity index (χ2v) is 7.74. The summed E-state index contributed by atoms with van der Waals surface area (Å²) >= 11 is 5.67. The smallest absolute Gasteiger partial charge is 0.207 e. The second kappa shape index (κ2) is 6.19. The topological polar surface area (TPSA) is 37.4 Å². The summed E-state index contributed by atoms with van der Waals surface area (Å²) in [5.74, 6) is -1.39. The number of halogens is 3. The highest BCUT2D eigenvalue weighted by atomic mass is 35.5. The zero-order valence-corrected chi connectivity index (χ0v) is 13.6. The van der Waals surface area contributed by atoms with E-state index in [1.54, 1.807) is 6.07 Å². The molecule has 1 fully saturated rings. The van der Waals surface area contributed by atoms with Gasteiger partial charge in [0.1, 0.15) is 16.5 Å². The van der Waals surface area contributed by atoms with E-state index in [9.17, 15) is 17.2 Å². The fourth-order valence-electron chi connectivity index (χ4n) is 2.38. The van der Waals surface area contributed by atoms with Crippen molar-refractivity contribution in [3.63, 3.8) is 0 Å². The highest BCUT2D eigenvalue weighted by molar-refractivity contribution is 7.89. The van der Waals surface area contributed by atoms with Crippen molar-refractivity contribution in [2.75, 3.05) is 0 Å². The highest BCUT2D eigenvalue weighted by Crippen LogP contribution is 2.35. The Kier molecular flexibility index (Phi) is 4.40. The van der Waals surface area contributed by atoms with E-state index in [0.29, 0.717) is 12.8 Å². The lowest BCUT2D eigenvalue weighted by atomic mass is 10.2. The number of nitrogens with zero attached hydrogens (tertiary/aromatic N) is 1. The van der Waals surface area contributed by atoms with E-state index < -0.39 is 26.6 Å². The maximum atomic E-state index is 14.0. The van der Waals surface area contributed by atoms with Crippen molar-refractivity contribution < 1.29 is 17.2 Å². The largest absolute Gasteiger partial charge is 0.246 e. The molecule has 0 bridgehead atoms. The predicted molar refractivity (Wildman–Crippen MR) is 83.6 cm³/mol. The molecule has 0 amide bonds. The molecule has 1 aliphatic rings. The average molecular weight is 358 g/mol. The van der Waals surface area contributed by atoms with Gasteiger partial charge in [0.25, 0.3) is 0 Å². The fraction of sp³-hybridized carbons (Fsp3) is 0.250. The van der Waals surface area contributed by atoms with Gasteiger partial charge in [-0.3, -0.25) is 0 Å². The molecule has 0 aromatic heterocycles. The van der Waals surface area contributed by atoms with Gasteiger partial charge in [-0.15, -0.1) is 0 Å². The first-order valence-electron chi connectivity index (χ1n) is 7.10. The SMILES string of the molecule is O=S(=O)(c1ccc(Cl)cc1F)N(Cc1ccccc1F)C1CC1. The van der Waals surface area contributed by atoms with Crippen molar-refractivity contribution in [1.29, 1.82) is 0 Å². The Hall–Kier alpha value is -1.50. The molecule has 0 N–H and O–H groups in total. The van der Waals surface area contributed by atoms with Gasteiger partial charge in [-0.25, -0.2) is 17.2 Å². The second-order valence-electron chi connectivity index (χ2n) is 5.45. The van der Waals surface area contributed by atoms with Gasteiger partial charge in [0.2, 0.25) is 10.0 Å².